The summed E-state index contributed by atoms with van der Waals surface area (Å²) in [6.45, 7) is 3.00. The summed E-state index contributed by atoms with van der Waals surface area (Å²) in [6, 6.07) is 8.09. The molecule has 0 radical (unpaired) electrons. The van der Waals surface area contributed by atoms with E-state index in [2.05, 4.69) is 15.0 Å². The van der Waals surface area contributed by atoms with Gasteiger partial charge in [-0.15, -0.1) is 0 Å². The van der Waals surface area contributed by atoms with E-state index in [1.54, 1.807) is 36.4 Å². The van der Waals surface area contributed by atoms with Crippen LogP contribution in [0.1, 0.15) is 52.3 Å². The molecule has 4 rings (SSSR count). The number of likely N-dealkylation sites (tertiary alicyclic amines) is 1. The highest BCUT2D eigenvalue weighted by molar-refractivity contribution is 5.92. The number of hydrogen-bond donors (Lipinski definition) is 0. The minimum absolute atomic E-state index is 0.0434. The maximum absolute atomic E-state index is 13.4. The summed E-state index contributed by atoms with van der Waals surface area (Å²) >= 11 is 0. The molecular formula is C21H21FN4O2. The highest BCUT2D eigenvalue weighted by Gasteiger charge is 2.29. The first-order valence-electron chi connectivity index (χ1n) is 9.36. The van der Waals surface area contributed by atoms with E-state index in [0.717, 1.165) is 18.4 Å². The average molecular weight is 380 g/mol. The average Bonchev–Trinajstić information content (AvgIpc) is 3.16. The van der Waals surface area contributed by atoms with Crippen molar-refractivity contribution < 1.29 is 13.6 Å². The van der Waals surface area contributed by atoms with Crippen molar-refractivity contribution in [2.24, 2.45) is 0 Å². The van der Waals surface area contributed by atoms with E-state index in [9.17, 15) is 9.18 Å². The molecule has 1 saturated heterocycles. The smallest absolute Gasteiger partial charge is 0.272 e. The van der Waals surface area contributed by atoms with E-state index in [4.69, 9.17) is 4.42 Å². The van der Waals surface area contributed by atoms with E-state index in [-0.39, 0.29) is 17.6 Å². The van der Waals surface area contributed by atoms with E-state index in [1.807, 2.05) is 6.07 Å². The van der Waals surface area contributed by atoms with Crippen LogP contribution in [0.15, 0.2) is 47.1 Å². The molecule has 0 unspecified atom stereocenters. The quantitative estimate of drug-likeness (QED) is 0.692. The summed E-state index contributed by atoms with van der Waals surface area (Å²) < 4.78 is 19.3. The zero-order chi connectivity index (χ0) is 19.5. The molecule has 0 saturated carbocycles. The van der Waals surface area contributed by atoms with Crippen molar-refractivity contribution in [3.63, 3.8) is 0 Å². The Morgan fingerprint density at radius 1 is 1.32 bits per heavy atom. The van der Waals surface area contributed by atoms with Crippen LogP contribution in [0.3, 0.4) is 0 Å². The van der Waals surface area contributed by atoms with Crippen LogP contribution in [0.5, 0.6) is 0 Å². The highest BCUT2D eigenvalue weighted by Crippen LogP contribution is 2.28. The van der Waals surface area contributed by atoms with Gasteiger partial charge in [0.05, 0.1) is 12.1 Å². The predicted molar refractivity (Wildman–Crippen MR) is 100 cm³/mol. The Balaban J connectivity index is 1.45. The number of piperidine rings is 1. The Hall–Kier alpha value is -3.09. The Morgan fingerprint density at radius 2 is 2.21 bits per heavy atom. The molecule has 1 atom stereocenters. The van der Waals surface area contributed by atoms with Gasteiger partial charge < -0.3 is 9.32 Å². The van der Waals surface area contributed by atoms with Crippen LogP contribution in [0.4, 0.5) is 4.39 Å². The Kier molecular flexibility index (Phi) is 5.14. The van der Waals surface area contributed by atoms with Gasteiger partial charge in [0.25, 0.3) is 5.91 Å². The first kappa shape index (κ1) is 18.3. The largest absolute Gasteiger partial charge is 0.445 e. The van der Waals surface area contributed by atoms with Gasteiger partial charge in [-0.2, -0.15) is 0 Å². The van der Waals surface area contributed by atoms with Crippen LogP contribution in [-0.2, 0) is 6.42 Å². The van der Waals surface area contributed by atoms with Crippen molar-refractivity contribution in [1.29, 1.82) is 0 Å². The number of carbonyl (C=O) groups excluding carboxylic acids is 1. The second-order valence-electron chi connectivity index (χ2n) is 7.05. The number of hydrogen-bond acceptors (Lipinski definition) is 5. The standard InChI is InChI=1S/C21H21FN4O2/c1-14-23-8-7-19(25-14)21(27)26-9-3-5-16(13-26)20-24-12-18(28-20)11-15-4-2-6-17(22)10-15/h2,4,6-8,10,12,16H,3,5,9,11,13H2,1H3/t16-/m1/s1. The molecule has 7 heteroatoms. The fraction of sp³-hybridized carbons (Fsp3) is 0.333. The number of rotatable bonds is 4. The van der Waals surface area contributed by atoms with Gasteiger partial charge in [0.15, 0.2) is 5.89 Å². The molecule has 28 heavy (non-hydrogen) atoms. The molecule has 1 aliphatic rings. The van der Waals surface area contributed by atoms with Crippen LogP contribution in [-0.4, -0.2) is 38.8 Å². The molecule has 6 nitrogen and oxygen atoms in total. The lowest BCUT2D eigenvalue weighted by Crippen LogP contribution is -2.39. The fourth-order valence-electron chi connectivity index (χ4n) is 3.54. The van der Waals surface area contributed by atoms with Gasteiger partial charge in [0, 0.05) is 25.7 Å². The molecule has 1 aliphatic heterocycles. The number of carbonyl (C=O) groups is 1. The van der Waals surface area contributed by atoms with Gasteiger partial charge in [0.2, 0.25) is 0 Å². The van der Waals surface area contributed by atoms with Crippen molar-refractivity contribution >= 4 is 5.91 Å². The molecule has 3 heterocycles. The van der Waals surface area contributed by atoms with Crippen LogP contribution in [0, 0.1) is 12.7 Å². The summed E-state index contributed by atoms with van der Waals surface area (Å²) in [5.74, 6) is 1.58. The minimum Gasteiger partial charge on any atom is -0.445 e. The molecule has 0 N–H and O–H groups in total. The number of oxazole rings is 1. The maximum Gasteiger partial charge on any atom is 0.272 e. The van der Waals surface area contributed by atoms with Crippen molar-refractivity contribution in [2.45, 2.75) is 32.1 Å². The Bertz CT molecular complexity index is 988. The summed E-state index contributed by atoms with van der Waals surface area (Å²) in [6.07, 6.45) is 5.56. The molecule has 1 amide bonds. The number of nitrogens with zero attached hydrogens (tertiary/aromatic N) is 4. The third-order valence-electron chi connectivity index (χ3n) is 4.89. The van der Waals surface area contributed by atoms with Crippen molar-refractivity contribution in [1.82, 2.24) is 19.9 Å². The number of halogens is 1. The van der Waals surface area contributed by atoms with E-state index in [1.165, 1.54) is 12.1 Å². The van der Waals surface area contributed by atoms with Crippen molar-refractivity contribution in [3.8, 4) is 0 Å². The molecule has 0 spiro atoms. The van der Waals surface area contributed by atoms with Gasteiger partial charge in [-0.3, -0.25) is 4.79 Å². The molecule has 144 valence electrons. The third kappa shape index (κ3) is 4.08. The van der Waals surface area contributed by atoms with Crippen molar-refractivity contribution in [2.75, 3.05) is 13.1 Å². The van der Waals surface area contributed by atoms with Gasteiger partial charge >= 0.3 is 0 Å². The van der Waals surface area contributed by atoms with Crippen LogP contribution >= 0.6 is 0 Å². The normalized spacial score (nSPS) is 16.9. The summed E-state index contributed by atoms with van der Waals surface area (Å²) in [5, 5.41) is 0. The number of amides is 1. The van der Waals surface area contributed by atoms with E-state index >= 15 is 0 Å². The molecule has 1 aromatic carbocycles. The zero-order valence-electron chi connectivity index (χ0n) is 15.6. The van der Waals surface area contributed by atoms with Crippen LogP contribution in [0.25, 0.3) is 0 Å². The second kappa shape index (κ2) is 7.88. The summed E-state index contributed by atoms with van der Waals surface area (Å²) in [7, 11) is 0. The van der Waals surface area contributed by atoms with Gasteiger partial charge in [-0.05, 0) is 43.5 Å². The van der Waals surface area contributed by atoms with Crippen LogP contribution < -0.4 is 0 Å². The molecule has 1 fully saturated rings. The molecular weight excluding hydrogens is 359 g/mol. The third-order valence-corrected chi connectivity index (χ3v) is 4.89. The first-order chi connectivity index (χ1) is 13.6. The number of aryl methyl sites for hydroxylation is 1. The number of aromatic nitrogens is 3. The van der Waals surface area contributed by atoms with Gasteiger partial charge in [-0.25, -0.2) is 19.3 Å². The highest BCUT2D eigenvalue weighted by atomic mass is 19.1. The molecule has 3 aromatic rings. The first-order valence-corrected chi connectivity index (χ1v) is 9.36. The maximum atomic E-state index is 13.4. The van der Waals surface area contributed by atoms with Crippen LogP contribution in [0.2, 0.25) is 0 Å². The van der Waals surface area contributed by atoms with Gasteiger partial charge in [0.1, 0.15) is 23.1 Å². The topological polar surface area (TPSA) is 72.1 Å². The predicted octanol–water partition coefficient (Wildman–Crippen LogP) is 3.52. The molecule has 2 aromatic heterocycles. The second-order valence-corrected chi connectivity index (χ2v) is 7.05. The van der Waals surface area contributed by atoms with E-state index in [0.29, 0.717) is 42.7 Å². The zero-order valence-corrected chi connectivity index (χ0v) is 15.6. The lowest BCUT2D eigenvalue weighted by Gasteiger charge is -2.31. The number of benzene rings is 1. The minimum atomic E-state index is -0.265. The van der Waals surface area contributed by atoms with Crippen molar-refractivity contribution in [3.05, 3.63) is 77.3 Å². The monoisotopic (exact) mass is 380 g/mol. The van der Waals surface area contributed by atoms with E-state index < -0.39 is 0 Å². The Morgan fingerprint density at radius 3 is 3.04 bits per heavy atom. The SMILES string of the molecule is Cc1nccc(C(=O)N2CCC[C@@H](c3ncc(Cc4cccc(F)c4)o3)C2)n1. The molecule has 0 bridgehead atoms. The summed E-state index contributed by atoms with van der Waals surface area (Å²) in [5.41, 5.74) is 1.25. The summed E-state index contributed by atoms with van der Waals surface area (Å²) in [4.78, 5) is 27.2. The Labute approximate surface area is 162 Å². The van der Waals surface area contributed by atoms with Gasteiger partial charge in [-0.1, -0.05) is 12.1 Å². The lowest BCUT2D eigenvalue weighted by molar-refractivity contribution is 0.0691. The molecule has 0 aliphatic carbocycles. The fourth-order valence-corrected chi connectivity index (χ4v) is 3.54. The lowest BCUT2D eigenvalue weighted by atomic mass is 9.97.